The lowest BCUT2D eigenvalue weighted by atomic mass is 10.2. The molecule has 112 valence electrons. The van der Waals surface area contributed by atoms with E-state index >= 15 is 0 Å². The topological polar surface area (TPSA) is 63.5 Å². The first-order chi connectivity index (χ1) is 9.37. The fourth-order valence-electron chi connectivity index (χ4n) is 1.35. The average Bonchev–Trinajstić information content (AvgIpc) is 2.71. The Bertz CT molecular complexity index is 450. The largest absolute Gasteiger partial charge is 0.448 e. The Morgan fingerprint density at radius 2 is 2.05 bits per heavy atom. The molecule has 1 rings (SSSR count). The highest BCUT2D eigenvalue weighted by atomic mass is 35.5. The molecule has 0 aliphatic carbocycles. The van der Waals surface area contributed by atoms with E-state index in [1.54, 1.807) is 6.07 Å². The van der Waals surface area contributed by atoms with Gasteiger partial charge in [-0.3, -0.25) is 0 Å². The van der Waals surface area contributed by atoms with Crippen LogP contribution in [0.1, 0.15) is 26.5 Å². The van der Waals surface area contributed by atoms with Crippen LogP contribution in [-0.4, -0.2) is 24.8 Å². The molecule has 0 aliphatic rings. The second-order valence-corrected chi connectivity index (χ2v) is 5.56. The van der Waals surface area contributed by atoms with Crippen molar-refractivity contribution in [2.75, 3.05) is 13.1 Å². The monoisotopic (exact) mass is 300 g/mol. The fourth-order valence-corrected chi connectivity index (χ4v) is 1.51. The Morgan fingerprint density at radius 3 is 2.65 bits per heavy atom. The first-order valence-electron chi connectivity index (χ1n) is 6.43. The normalized spacial score (nSPS) is 11.8. The third kappa shape index (κ3) is 7.86. The number of carbonyl (C=O) groups is 1. The lowest BCUT2D eigenvalue weighted by Gasteiger charge is -2.19. The van der Waals surface area contributed by atoms with E-state index in [-0.39, 0.29) is 0 Å². The van der Waals surface area contributed by atoms with Crippen molar-refractivity contribution in [3.8, 4) is 0 Å². The van der Waals surface area contributed by atoms with Crippen LogP contribution in [0.4, 0.5) is 4.79 Å². The quantitative estimate of drug-likeness (QED) is 0.626. The van der Waals surface area contributed by atoms with Gasteiger partial charge >= 0.3 is 6.09 Å². The SMILES string of the molecule is CC(C)(C)OC(=O)NC/C=C/CNCc1ccc(Cl)o1. The summed E-state index contributed by atoms with van der Waals surface area (Å²) in [6, 6.07) is 3.53. The van der Waals surface area contributed by atoms with E-state index in [9.17, 15) is 4.79 Å². The number of alkyl carbamates (subject to hydrolysis) is 1. The summed E-state index contributed by atoms with van der Waals surface area (Å²) in [7, 11) is 0. The summed E-state index contributed by atoms with van der Waals surface area (Å²) < 4.78 is 10.3. The third-order valence-electron chi connectivity index (χ3n) is 2.12. The highest BCUT2D eigenvalue weighted by Gasteiger charge is 2.14. The number of carbonyl (C=O) groups excluding carboxylic acids is 1. The summed E-state index contributed by atoms with van der Waals surface area (Å²) >= 11 is 5.66. The standard InChI is InChI=1S/C14H21ClN2O3/c1-14(2,3)20-13(18)17-9-5-4-8-16-10-11-6-7-12(15)19-11/h4-7,16H,8-10H2,1-3H3,(H,17,18)/b5-4+. The van der Waals surface area contributed by atoms with E-state index in [0.717, 1.165) is 5.76 Å². The first kappa shape index (κ1) is 16.6. The summed E-state index contributed by atoms with van der Waals surface area (Å²) in [5, 5.41) is 6.19. The molecule has 1 heterocycles. The van der Waals surface area contributed by atoms with Gasteiger partial charge in [-0.25, -0.2) is 4.79 Å². The van der Waals surface area contributed by atoms with Gasteiger partial charge in [-0.15, -0.1) is 0 Å². The summed E-state index contributed by atoms with van der Waals surface area (Å²) in [4.78, 5) is 11.3. The van der Waals surface area contributed by atoms with Crippen molar-refractivity contribution in [1.82, 2.24) is 10.6 Å². The molecule has 20 heavy (non-hydrogen) atoms. The average molecular weight is 301 g/mol. The van der Waals surface area contributed by atoms with E-state index in [2.05, 4.69) is 10.6 Å². The van der Waals surface area contributed by atoms with Crippen LogP contribution in [0.25, 0.3) is 0 Å². The highest BCUT2D eigenvalue weighted by Crippen LogP contribution is 2.12. The molecule has 0 unspecified atom stereocenters. The van der Waals surface area contributed by atoms with E-state index in [1.807, 2.05) is 39.0 Å². The predicted molar refractivity (Wildman–Crippen MR) is 78.8 cm³/mol. The zero-order chi connectivity index (χ0) is 15.0. The molecule has 0 aromatic carbocycles. The number of amides is 1. The predicted octanol–water partition coefficient (Wildman–Crippen LogP) is 3.10. The molecule has 0 atom stereocenters. The second-order valence-electron chi connectivity index (χ2n) is 5.19. The molecule has 6 heteroatoms. The van der Waals surface area contributed by atoms with Gasteiger partial charge in [0, 0.05) is 13.1 Å². The summed E-state index contributed by atoms with van der Waals surface area (Å²) in [5.74, 6) is 0.787. The number of halogens is 1. The zero-order valence-corrected chi connectivity index (χ0v) is 12.8. The highest BCUT2D eigenvalue weighted by molar-refractivity contribution is 6.28. The number of nitrogens with one attached hydrogen (secondary N) is 2. The zero-order valence-electron chi connectivity index (χ0n) is 12.0. The van der Waals surface area contributed by atoms with Gasteiger partial charge in [0.05, 0.1) is 6.54 Å². The van der Waals surface area contributed by atoms with Crippen molar-refractivity contribution >= 4 is 17.7 Å². The molecule has 0 saturated heterocycles. The number of hydrogen-bond acceptors (Lipinski definition) is 4. The van der Waals surface area contributed by atoms with Crippen LogP contribution in [0.3, 0.4) is 0 Å². The molecule has 0 radical (unpaired) electrons. The number of furan rings is 1. The number of hydrogen-bond donors (Lipinski definition) is 2. The summed E-state index contributed by atoms with van der Waals surface area (Å²) in [6.45, 7) is 7.20. The Kier molecular flexibility index (Phi) is 6.61. The smallest absolute Gasteiger partial charge is 0.407 e. The minimum Gasteiger partial charge on any atom is -0.448 e. The van der Waals surface area contributed by atoms with Crippen LogP contribution < -0.4 is 10.6 Å². The van der Waals surface area contributed by atoms with Gasteiger partial charge in [-0.05, 0) is 44.5 Å². The minimum atomic E-state index is -0.473. The molecule has 1 aromatic rings. The molecule has 1 amide bonds. The van der Waals surface area contributed by atoms with Crippen molar-refractivity contribution in [2.45, 2.75) is 32.9 Å². The maximum Gasteiger partial charge on any atom is 0.407 e. The molecular weight excluding hydrogens is 280 g/mol. The summed E-state index contributed by atoms with van der Waals surface area (Å²) in [5.41, 5.74) is -0.473. The fraction of sp³-hybridized carbons (Fsp3) is 0.500. The third-order valence-corrected chi connectivity index (χ3v) is 2.32. The van der Waals surface area contributed by atoms with Gasteiger partial charge in [0.25, 0.3) is 0 Å². The van der Waals surface area contributed by atoms with Gasteiger partial charge in [0.2, 0.25) is 0 Å². The molecule has 0 fully saturated rings. The Morgan fingerprint density at radius 1 is 1.35 bits per heavy atom. The Balaban J connectivity index is 2.06. The van der Waals surface area contributed by atoms with Crippen LogP contribution in [0.2, 0.25) is 5.22 Å². The molecule has 1 aromatic heterocycles. The van der Waals surface area contributed by atoms with Gasteiger partial charge in [0.15, 0.2) is 5.22 Å². The van der Waals surface area contributed by atoms with Crippen molar-refractivity contribution < 1.29 is 13.9 Å². The van der Waals surface area contributed by atoms with E-state index in [1.165, 1.54) is 0 Å². The van der Waals surface area contributed by atoms with Gasteiger partial charge in [-0.2, -0.15) is 0 Å². The van der Waals surface area contributed by atoms with Gasteiger partial charge < -0.3 is 19.8 Å². The summed E-state index contributed by atoms with van der Waals surface area (Å²) in [6.07, 6.45) is 3.36. The van der Waals surface area contributed by atoms with Crippen molar-refractivity contribution in [3.05, 3.63) is 35.3 Å². The molecule has 0 bridgehead atoms. The first-order valence-corrected chi connectivity index (χ1v) is 6.81. The molecule has 0 spiro atoms. The van der Waals surface area contributed by atoms with E-state index < -0.39 is 11.7 Å². The lowest BCUT2D eigenvalue weighted by molar-refractivity contribution is 0.0534. The Hall–Kier alpha value is -1.46. The number of rotatable bonds is 6. The van der Waals surface area contributed by atoms with Crippen LogP contribution >= 0.6 is 11.6 Å². The van der Waals surface area contributed by atoms with Crippen LogP contribution in [0.15, 0.2) is 28.7 Å². The molecule has 2 N–H and O–H groups in total. The van der Waals surface area contributed by atoms with Gasteiger partial charge in [-0.1, -0.05) is 12.2 Å². The minimum absolute atomic E-state index is 0.388. The molecule has 5 nitrogen and oxygen atoms in total. The molecule has 0 saturated carbocycles. The molecular formula is C14H21ClN2O3. The van der Waals surface area contributed by atoms with Crippen molar-refractivity contribution in [3.63, 3.8) is 0 Å². The van der Waals surface area contributed by atoms with Crippen molar-refractivity contribution in [2.24, 2.45) is 0 Å². The maximum absolute atomic E-state index is 11.3. The maximum atomic E-state index is 11.3. The Labute approximate surface area is 124 Å². The second kappa shape index (κ2) is 7.97. The number of ether oxygens (including phenoxy) is 1. The van der Waals surface area contributed by atoms with Crippen LogP contribution in [-0.2, 0) is 11.3 Å². The lowest BCUT2D eigenvalue weighted by Crippen LogP contribution is -2.32. The van der Waals surface area contributed by atoms with E-state index in [4.69, 9.17) is 20.8 Å². The van der Waals surface area contributed by atoms with Crippen molar-refractivity contribution in [1.29, 1.82) is 0 Å². The molecule has 0 aliphatic heterocycles. The van der Waals surface area contributed by atoms with Gasteiger partial charge in [0.1, 0.15) is 11.4 Å². The van der Waals surface area contributed by atoms with Crippen LogP contribution in [0, 0.1) is 0 Å². The van der Waals surface area contributed by atoms with Crippen LogP contribution in [0.5, 0.6) is 0 Å². The van der Waals surface area contributed by atoms with E-state index in [0.29, 0.717) is 24.9 Å².